The molecule has 4 rings (SSSR count). The number of anilines is 1. The number of sulfonamides is 1. The summed E-state index contributed by atoms with van der Waals surface area (Å²) in [7, 11) is 0.241. The molecule has 0 radical (unpaired) electrons. The van der Waals surface area contributed by atoms with Crippen LogP contribution in [0.1, 0.15) is 22.0 Å². The van der Waals surface area contributed by atoms with E-state index in [2.05, 4.69) is 10.2 Å². The number of amides is 1. The normalized spacial score (nSPS) is 15.7. The number of nitrogens with zero attached hydrogens (tertiary/aromatic N) is 3. The lowest BCUT2D eigenvalue weighted by Gasteiger charge is -2.35. The molecule has 0 saturated carbocycles. The van der Waals surface area contributed by atoms with Crippen LogP contribution >= 0.6 is 0 Å². The maximum absolute atomic E-state index is 13.3. The van der Waals surface area contributed by atoms with Crippen molar-refractivity contribution in [1.82, 2.24) is 14.5 Å². The Morgan fingerprint density at radius 1 is 0.886 bits per heavy atom. The molecule has 1 atom stereocenters. The molecule has 0 unspecified atom stereocenters. The molecule has 35 heavy (non-hydrogen) atoms. The van der Waals surface area contributed by atoms with Gasteiger partial charge >= 0.3 is 0 Å². The molecule has 184 valence electrons. The van der Waals surface area contributed by atoms with Crippen molar-refractivity contribution in [3.63, 3.8) is 0 Å². The van der Waals surface area contributed by atoms with Crippen molar-refractivity contribution in [3.05, 3.63) is 96.1 Å². The highest BCUT2D eigenvalue weighted by molar-refractivity contribution is 7.89. The molecule has 0 bridgehead atoms. The maximum atomic E-state index is 13.3. The van der Waals surface area contributed by atoms with E-state index in [4.69, 9.17) is 0 Å². The molecule has 1 fully saturated rings. The fraction of sp³-hybridized carbons (Fsp3) is 0.296. The Bertz CT molecular complexity index is 1230. The molecule has 1 N–H and O–H groups in total. The number of likely N-dealkylation sites (N-methyl/N-ethyl adjacent to an activating group) is 1. The number of carbonyl (C=O) groups excluding carboxylic acids is 1. The number of piperazine rings is 1. The Morgan fingerprint density at radius 3 is 2.14 bits per heavy atom. The Labute approximate surface area is 208 Å². The summed E-state index contributed by atoms with van der Waals surface area (Å²) < 4.78 is 28.1. The van der Waals surface area contributed by atoms with Gasteiger partial charge in [-0.15, -0.1) is 0 Å². The van der Waals surface area contributed by atoms with E-state index in [1.54, 1.807) is 18.2 Å². The summed E-state index contributed by atoms with van der Waals surface area (Å²) in [5.41, 5.74) is 2.53. The average Bonchev–Trinajstić information content (AvgIpc) is 2.90. The van der Waals surface area contributed by atoms with Gasteiger partial charge in [0.15, 0.2) is 0 Å². The van der Waals surface area contributed by atoms with Crippen molar-refractivity contribution in [3.8, 4) is 0 Å². The molecule has 0 aliphatic carbocycles. The Morgan fingerprint density at radius 2 is 1.51 bits per heavy atom. The number of hydrogen-bond donors (Lipinski definition) is 1. The molecule has 3 aromatic rings. The molecule has 1 aliphatic heterocycles. The van der Waals surface area contributed by atoms with E-state index in [0.29, 0.717) is 38.3 Å². The van der Waals surface area contributed by atoms with Gasteiger partial charge in [-0.3, -0.25) is 4.79 Å². The average molecular weight is 493 g/mol. The molecule has 8 heteroatoms. The quantitative estimate of drug-likeness (QED) is 0.523. The zero-order valence-electron chi connectivity index (χ0n) is 20.2. The number of rotatable bonds is 8. The minimum Gasteiger partial charge on any atom is -0.369 e. The van der Waals surface area contributed by atoms with Crippen molar-refractivity contribution in [1.29, 1.82) is 0 Å². The molecule has 3 aromatic carbocycles. The maximum Gasteiger partial charge on any atom is 0.251 e. The van der Waals surface area contributed by atoms with Crippen LogP contribution in [0, 0.1) is 0 Å². The Hall–Kier alpha value is -3.20. The van der Waals surface area contributed by atoms with Crippen LogP contribution in [-0.2, 0) is 10.0 Å². The predicted octanol–water partition coefficient (Wildman–Crippen LogP) is 3.23. The van der Waals surface area contributed by atoms with Crippen LogP contribution in [0.2, 0.25) is 0 Å². The molecule has 0 spiro atoms. The van der Waals surface area contributed by atoms with Crippen LogP contribution in [0.15, 0.2) is 89.8 Å². The largest absolute Gasteiger partial charge is 0.369 e. The van der Waals surface area contributed by atoms with E-state index < -0.39 is 10.0 Å². The zero-order valence-corrected chi connectivity index (χ0v) is 21.0. The van der Waals surface area contributed by atoms with Gasteiger partial charge in [0, 0.05) is 44.0 Å². The fourth-order valence-electron chi connectivity index (χ4n) is 4.34. The van der Waals surface area contributed by atoms with Crippen molar-refractivity contribution in [2.24, 2.45) is 0 Å². The minimum atomic E-state index is -3.69. The Kier molecular flexibility index (Phi) is 7.85. The van der Waals surface area contributed by atoms with Gasteiger partial charge in [-0.1, -0.05) is 54.6 Å². The summed E-state index contributed by atoms with van der Waals surface area (Å²) in [4.78, 5) is 17.3. The summed E-state index contributed by atoms with van der Waals surface area (Å²) in [6, 6.07) is 26.3. The topological polar surface area (TPSA) is 73.0 Å². The van der Waals surface area contributed by atoms with Crippen LogP contribution in [-0.4, -0.2) is 70.3 Å². The lowest BCUT2D eigenvalue weighted by Crippen LogP contribution is -2.48. The van der Waals surface area contributed by atoms with Crippen molar-refractivity contribution >= 4 is 21.6 Å². The van der Waals surface area contributed by atoms with E-state index in [0.717, 1.165) is 11.3 Å². The third-order valence-electron chi connectivity index (χ3n) is 6.36. The summed E-state index contributed by atoms with van der Waals surface area (Å²) >= 11 is 0. The minimum absolute atomic E-state index is 0.00738. The van der Waals surface area contributed by atoms with Crippen LogP contribution in [0.5, 0.6) is 0 Å². The van der Waals surface area contributed by atoms with E-state index >= 15 is 0 Å². The second kappa shape index (κ2) is 11.0. The highest BCUT2D eigenvalue weighted by atomic mass is 32.2. The third-order valence-corrected chi connectivity index (χ3v) is 8.25. The fourth-order valence-corrected chi connectivity index (χ4v) is 5.81. The molecule has 0 aromatic heterocycles. The summed E-state index contributed by atoms with van der Waals surface area (Å²) in [5, 5.41) is 2.97. The van der Waals surface area contributed by atoms with Crippen LogP contribution in [0.3, 0.4) is 0 Å². The zero-order chi connectivity index (χ0) is 24.8. The predicted molar refractivity (Wildman–Crippen MR) is 139 cm³/mol. The van der Waals surface area contributed by atoms with Gasteiger partial charge in [0.05, 0.1) is 10.9 Å². The first-order valence-electron chi connectivity index (χ1n) is 11.8. The van der Waals surface area contributed by atoms with Crippen LogP contribution in [0.4, 0.5) is 5.69 Å². The van der Waals surface area contributed by atoms with Gasteiger partial charge < -0.3 is 15.1 Å². The van der Waals surface area contributed by atoms with E-state index in [9.17, 15) is 13.2 Å². The van der Waals surface area contributed by atoms with Gasteiger partial charge in [-0.05, 0) is 50.0 Å². The van der Waals surface area contributed by atoms with E-state index in [1.165, 1.54) is 10.4 Å². The van der Waals surface area contributed by atoms with Crippen molar-refractivity contribution in [2.75, 3.05) is 51.7 Å². The second-order valence-corrected chi connectivity index (χ2v) is 10.8. The number of hydrogen-bond acceptors (Lipinski definition) is 5. The number of benzene rings is 3. The van der Waals surface area contributed by atoms with Crippen LogP contribution < -0.4 is 10.2 Å². The second-order valence-electron chi connectivity index (χ2n) is 8.85. The van der Waals surface area contributed by atoms with Crippen molar-refractivity contribution < 1.29 is 13.2 Å². The van der Waals surface area contributed by atoms with E-state index in [1.807, 2.05) is 79.7 Å². The molecule has 1 aliphatic rings. The molecular formula is C27H32N4O3S. The summed E-state index contributed by atoms with van der Waals surface area (Å²) in [5.74, 6) is -0.293. The standard InChI is InChI=1S/C27H32N4O3S/c1-29(2)26(22-10-5-3-6-11-22)21-28-27(32)23-12-9-15-25(20-23)35(33,34)31-18-16-30(17-19-31)24-13-7-4-8-14-24/h3-15,20,26H,16-19,21H2,1-2H3,(H,28,32)/t26-/m1/s1. The first-order valence-corrected chi connectivity index (χ1v) is 13.2. The lowest BCUT2D eigenvalue weighted by atomic mass is 10.1. The Balaban J connectivity index is 1.42. The molecule has 7 nitrogen and oxygen atoms in total. The number of carbonyl (C=O) groups is 1. The molecule has 1 amide bonds. The summed E-state index contributed by atoms with van der Waals surface area (Å²) in [6.45, 7) is 2.45. The van der Waals surface area contributed by atoms with Gasteiger partial charge in [-0.2, -0.15) is 4.31 Å². The van der Waals surface area contributed by atoms with Gasteiger partial charge in [0.25, 0.3) is 5.91 Å². The smallest absolute Gasteiger partial charge is 0.251 e. The van der Waals surface area contributed by atoms with Gasteiger partial charge in [-0.25, -0.2) is 8.42 Å². The van der Waals surface area contributed by atoms with E-state index in [-0.39, 0.29) is 16.8 Å². The number of para-hydroxylation sites is 1. The first kappa shape index (κ1) is 24.9. The van der Waals surface area contributed by atoms with Crippen molar-refractivity contribution in [2.45, 2.75) is 10.9 Å². The lowest BCUT2D eigenvalue weighted by molar-refractivity contribution is 0.0941. The first-order chi connectivity index (χ1) is 16.9. The monoisotopic (exact) mass is 492 g/mol. The van der Waals surface area contributed by atoms with Gasteiger partial charge in [0.2, 0.25) is 10.0 Å². The highest BCUT2D eigenvalue weighted by Gasteiger charge is 2.29. The highest BCUT2D eigenvalue weighted by Crippen LogP contribution is 2.22. The van der Waals surface area contributed by atoms with Gasteiger partial charge in [0.1, 0.15) is 0 Å². The molecule has 1 heterocycles. The molecule has 1 saturated heterocycles. The SMILES string of the molecule is CN(C)[C@H](CNC(=O)c1cccc(S(=O)(=O)N2CCN(c3ccccc3)CC2)c1)c1ccccc1. The van der Waals surface area contributed by atoms with Crippen LogP contribution in [0.25, 0.3) is 0 Å². The number of nitrogens with one attached hydrogen (secondary N) is 1. The third kappa shape index (κ3) is 5.90. The summed E-state index contributed by atoms with van der Waals surface area (Å²) in [6.07, 6.45) is 0. The molecular weight excluding hydrogens is 460 g/mol.